The highest BCUT2D eigenvalue weighted by Gasteiger charge is 2.37. The Bertz CT molecular complexity index is 231. The lowest BCUT2D eigenvalue weighted by atomic mass is 9.91. The molecule has 0 aromatic rings. The minimum Gasteiger partial charge on any atom is -0.329 e. The number of hydrogen-bond donors (Lipinski definition) is 1. The van der Waals surface area contributed by atoms with Gasteiger partial charge in [-0.2, -0.15) is 0 Å². The summed E-state index contributed by atoms with van der Waals surface area (Å²) in [6.07, 6.45) is 11.1. The van der Waals surface area contributed by atoms with Gasteiger partial charge in [-0.25, -0.2) is 0 Å². The number of nitrogens with two attached hydrogens (primary N) is 1. The summed E-state index contributed by atoms with van der Waals surface area (Å²) in [6, 6.07) is 0. The molecule has 0 radical (unpaired) electrons. The zero-order valence-electron chi connectivity index (χ0n) is 12.5. The molecule has 0 aromatic carbocycles. The molecule has 0 aliphatic heterocycles. The van der Waals surface area contributed by atoms with E-state index in [1.807, 2.05) is 0 Å². The van der Waals surface area contributed by atoms with E-state index in [9.17, 15) is 0 Å². The summed E-state index contributed by atoms with van der Waals surface area (Å²) in [5.74, 6) is 1.97. The monoisotopic (exact) mass is 252 g/mol. The molecule has 2 aliphatic rings. The van der Waals surface area contributed by atoms with Crippen LogP contribution in [0.2, 0.25) is 0 Å². The van der Waals surface area contributed by atoms with Gasteiger partial charge in [-0.3, -0.25) is 4.90 Å². The molecule has 106 valence electrons. The van der Waals surface area contributed by atoms with Crippen LogP contribution in [0.15, 0.2) is 0 Å². The molecule has 2 rings (SSSR count). The molecular weight excluding hydrogens is 220 g/mol. The van der Waals surface area contributed by atoms with Crippen molar-refractivity contribution in [3.05, 3.63) is 0 Å². The summed E-state index contributed by atoms with van der Waals surface area (Å²) < 4.78 is 0. The van der Waals surface area contributed by atoms with E-state index < -0.39 is 0 Å². The number of unbranched alkanes of at least 4 members (excludes halogenated alkanes) is 2. The van der Waals surface area contributed by atoms with Crippen LogP contribution >= 0.6 is 0 Å². The standard InChI is InChI=1S/C16H32N2/c1-3-4-5-10-16(2,13-17)18(11-14-6-7-14)12-15-8-9-15/h14-15H,3-13,17H2,1-2H3. The number of rotatable bonds is 10. The van der Waals surface area contributed by atoms with Crippen molar-refractivity contribution in [3.8, 4) is 0 Å². The predicted octanol–water partition coefficient (Wildman–Crippen LogP) is 3.41. The summed E-state index contributed by atoms with van der Waals surface area (Å²) in [7, 11) is 0. The van der Waals surface area contributed by atoms with Gasteiger partial charge in [0.1, 0.15) is 0 Å². The summed E-state index contributed by atoms with van der Waals surface area (Å²) in [5.41, 5.74) is 6.40. The highest BCUT2D eigenvalue weighted by Crippen LogP contribution is 2.37. The Morgan fingerprint density at radius 3 is 2.00 bits per heavy atom. The average molecular weight is 252 g/mol. The molecular formula is C16H32N2. The Morgan fingerprint density at radius 1 is 1.06 bits per heavy atom. The van der Waals surface area contributed by atoms with Crippen molar-refractivity contribution in [2.24, 2.45) is 17.6 Å². The fourth-order valence-corrected chi connectivity index (χ4v) is 2.88. The van der Waals surface area contributed by atoms with Crippen LogP contribution < -0.4 is 5.73 Å². The van der Waals surface area contributed by atoms with Gasteiger partial charge in [0.05, 0.1) is 0 Å². The lowest BCUT2D eigenvalue weighted by molar-refractivity contribution is 0.0872. The highest BCUT2D eigenvalue weighted by molar-refractivity contribution is 4.93. The van der Waals surface area contributed by atoms with E-state index >= 15 is 0 Å². The van der Waals surface area contributed by atoms with Gasteiger partial charge in [0.15, 0.2) is 0 Å². The summed E-state index contributed by atoms with van der Waals surface area (Å²) in [6.45, 7) is 8.15. The second-order valence-electron chi connectivity index (χ2n) is 6.95. The fraction of sp³-hybridized carbons (Fsp3) is 1.00. The van der Waals surface area contributed by atoms with E-state index in [-0.39, 0.29) is 5.54 Å². The molecule has 0 saturated heterocycles. The van der Waals surface area contributed by atoms with Crippen LogP contribution in [0.25, 0.3) is 0 Å². The van der Waals surface area contributed by atoms with Crippen molar-refractivity contribution in [2.45, 2.75) is 70.8 Å². The SMILES string of the molecule is CCCCCC(C)(CN)N(CC1CC1)CC1CC1. The molecule has 2 aliphatic carbocycles. The third-order valence-corrected chi connectivity index (χ3v) is 4.87. The number of hydrogen-bond acceptors (Lipinski definition) is 2. The van der Waals surface area contributed by atoms with Crippen molar-refractivity contribution in [2.75, 3.05) is 19.6 Å². The predicted molar refractivity (Wildman–Crippen MR) is 78.6 cm³/mol. The van der Waals surface area contributed by atoms with Crippen molar-refractivity contribution in [3.63, 3.8) is 0 Å². The van der Waals surface area contributed by atoms with Crippen LogP contribution in [0.3, 0.4) is 0 Å². The van der Waals surface area contributed by atoms with Crippen LogP contribution in [0.4, 0.5) is 0 Å². The largest absolute Gasteiger partial charge is 0.329 e. The molecule has 0 amide bonds. The maximum atomic E-state index is 6.14. The third-order valence-electron chi connectivity index (χ3n) is 4.87. The molecule has 0 spiro atoms. The topological polar surface area (TPSA) is 29.3 Å². The summed E-state index contributed by atoms with van der Waals surface area (Å²) in [4.78, 5) is 2.76. The molecule has 2 heteroatoms. The van der Waals surface area contributed by atoms with Gasteiger partial charge < -0.3 is 5.73 Å². The van der Waals surface area contributed by atoms with E-state index in [1.165, 1.54) is 64.5 Å². The molecule has 2 saturated carbocycles. The van der Waals surface area contributed by atoms with Gasteiger partial charge in [-0.05, 0) is 50.9 Å². The highest BCUT2D eigenvalue weighted by atomic mass is 15.2. The van der Waals surface area contributed by atoms with E-state index in [4.69, 9.17) is 5.73 Å². The summed E-state index contributed by atoms with van der Waals surface area (Å²) >= 11 is 0. The van der Waals surface area contributed by atoms with Crippen LogP contribution in [0.5, 0.6) is 0 Å². The zero-order valence-corrected chi connectivity index (χ0v) is 12.5. The molecule has 0 bridgehead atoms. The van der Waals surface area contributed by atoms with Crippen LogP contribution in [-0.2, 0) is 0 Å². The zero-order chi connectivity index (χ0) is 13.0. The van der Waals surface area contributed by atoms with Crippen LogP contribution in [0, 0.1) is 11.8 Å². The maximum absolute atomic E-state index is 6.14. The quantitative estimate of drug-likeness (QED) is 0.604. The first-order valence-electron chi connectivity index (χ1n) is 8.13. The fourth-order valence-electron chi connectivity index (χ4n) is 2.88. The lowest BCUT2D eigenvalue weighted by Gasteiger charge is -2.41. The van der Waals surface area contributed by atoms with Crippen molar-refractivity contribution in [1.82, 2.24) is 4.90 Å². The first kappa shape index (κ1) is 14.3. The van der Waals surface area contributed by atoms with Gasteiger partial charge >= 0.3 is 0 Å². The lowest BCUT2D eigenvalue weighted by Crippen LogP contribution is -2.53. The Kier molecular flexibility index (Phi) is 5.08. The van der Waals surface area contributed by atoms with Crippen LogP contribution in [-0.4, -0.2) is 30.1 Å². The van der Waals surface area contributed by atoms with Crippen LogP contribution in [0.1, 0.15) is 65.2 Å². The Morgan fingerprint density at radius 2 is 1.61 bits per heavy atom. The van der Waals surface area contributed by atoms with Gasteiger partial charge in [0.25, 0.3) is 0 Å². The van der Waals surface area contributed by atoms with Crippen molar-refractivity contribution >= 4 is 0 Å². The Hall–Kier alpha value is -0.0800. The minimum atomic E-state index is 0.264. The van der Waals surface area contributed by atoms with Crippen molar-refractivity contribution in [1.29, 1.82) is 0 Å². The molecule has 0 heterocycles. The molecule has 2 nitrogen and oxygen atoms in total. The first-order valence-corrected chi connectivity index (χ1v) is 8.13. The van der Waals surface area contributed by atoms with Gasteiger partial charge in [-0.1, -0.05) is 26.2 Å². The number of nitrogens with zero attached hydrogens (tertiary/aromatic N) is 1. The molecule has 2 N–H and O–H groups in total. The molecule has 2 fully saturated rings. The summed E-state index contributed by atoms with van der Waals surface area (Å²) in [5, 5.41) is 0. The average Bonchev–Trinajstić information content (AvgIpc) is 3.23. The van der Waals surface area contributed by atoms with Gasteiger partial charge in [0, 0.05) is 25.2 Å². The Labute approximate surface area is 113 Å². The third kappa shape index (κ3) is 4.24. The normalized spacial score (nSPS) is 23.3. The smallest absolute Gasteiger partial charge is 0.0303 e. The van der Waals surface area contributed by atoms with Crippen molar-refractivity contribution < 1.29 is 0 Å². The second-order valence-corrected chi connectivity index (χ2v) is 6.95. The van der Waals surface area contributed by atoms with Gasteiger partial charge in [-0.15, -0.1) is 0 Å². The maximum Gasteiger partial charge on any atom is 0.0303 e. The van der Waals surface area contributed by atoms with E-state index in [0.29, 0.717) is 0 Å². The van der Waals surface area contributed by atoms with E-state index in [0.717, 1.165) is 18.4 Å². The first-order chi connectivity index (χ1) is 8.68. The van der Waals surface area contributed by atoms with E-state index in [1.54, 1.807) is 0 Å². The molecule has 0 aromatic heterocycles. The Balaban J connectivity index is 1.88. The van der Waals surface area contributed by atoms with Gasteiger partial charge in [0.2, 0.25) is 0 Å². The molecule has 1 unspecified atom stereocenters. The molecule has 1 atom stereocenters. The minimum absolute atomic E-state index is 0.264. The molecule has 18 heavy (non-hydrogen) atoms. The van der Waals surface area contributed by atoms with E-state index in [2.05, 4.69) is 18.7 Å². The second kappa shape index (κ2) is 6.38.